The molecule has 31 heavy (non-hydrogen) atoms. The summed E-state index contributed by atoms with van der Waals surface area (Å²) in [6.45, 7) is 0. The minimum absolute atomic E-state index is 0.304. The fourth-order valence-electron chi connectivity index (χ4n) is 3.36. The van der Waals surface area contributed by atoms with Crippen molar-refractivity contribution in [3.8, 4) is 33.1 Å². The maximum absolute atomic E-state index is 13.2. The SMILES string of the molecule is O=c1[nH]c(-c2ccc(Cl)cc2Cl)nc2nc(-c3cccs3)cc(-c3ccc(Cl)cc3)c12. The molecule has 0 saturated carbocycles. The number of hydrogen-bond acceptors (Lipinski definition) is 4. The highest BCUT2D eigenvalue weighted by Gasteiger charge is 2.17. The molecule has 4 nitrogen and oxygen atoms in total. The number of nitrogens with zero attached hydrogens (tertiary/aromatic N) is 2. The van der Waals surface area contributed by atoms with Crippen molar-refractivity contribution in [1.29, 1.82) is 0 Å². The number of aromatic amines is 1. The number of halogens is 3. The van der Waals surface area contributed by atoms with Gasteiger partial charge in [-0.05, 0) is 53.4 Å². The summed E-state index contributed by atoms with van der Waals surface area (Å²) in [7, 11) is 0. The second-order valence-corrected chi connectivity index (χ2v) is 9.00. The minimum Gasteiger partial charge on any atom is -0.306 e. The van der Waals surface area contributed by atoms with Gasteiger partial charge in [-0.3, -0.25) is 4.79 Å². The summed E-state index contributed by atoms with van der Waals surface area (Å²) in [6.07, 6.45) is 0. The highest BCUT2D eigenvalue weighted by atomic mass is 35.5. The third kappa shape index (κ3) is 3.86. The molecule has 0 aliphatic carbocycles. The number of hydrogen-bond donors (Lipinski definition) is 1. The van der Waals surface area contributed by atoms with Crippen molar-refractivity contribution in [3.63, 3.8) is 0 Å². The van der Waals surface area contributed by atoms with E-state index < -0.39 is 0 Å². The smallest absolute Gasteiger partial charge is 0.261 e. The average Bonchev–Trinajstić information content (AvgIpc) is 3.28. The molecule has 8 heteroatoms. The van der Waals surface area contributed by atoms with Gasteiger partial charge >= 0.3 is 0 Å². The van der Waals surface area contributed by atoms with Gasteiger partial charge in [-0.1, -0.05) is 53.0 Å². The zero-order valence-corrected chi connectivity index (χ0v) is 18.8. The number of aromatic nitrogens is 3. The van der Waals surface area contributed by atoms with Gasteiger partial charge in [0.05, 0.1) is 21.0 Å². The molecule has 0 fully saturated rings. The van der Waals surface area contributed by atoms with Crippen LogP contribution in [0.4, 0.5) is 0 Å². The van der Waals surface area contributed by atoms with Crippen LogP contribution in [0.5, 0.6) is 0 Å². The molecule has 0 bridgehead atoms. The maximum atomic E-state index is 13.2. The summed E-state index contributed by atoms with van der Waals surface area (Å²) in [6, 6.07) is 18.2. The van der Waals surface area contributed by atoms with Crippen LogP contribution in [0.3, 0.4) is 0 Å². The molecule has 2 aromatic carbocycles. The van der Waals surface area contributed by atoms with Gasteiger partial charge in [0.15, 0.2) is 5.65 Å². The molecule has 0 aliphatic rings. The summed E-state index contributed by atoms with van der Waals surface area (Å²) in [5.74, 6) is 0.331. The van der Waals surface area contributed by atoms with Crippen LogP contribution in [0.15, 0.2) is 70.8 Å². The van der Waals surface area contributed by atoms with E-state index in [1.807, 2.05) is 35.7 Å². The van der Waals surface area contributed by atoms with E-state index in [1.54, 1.807) is 41.7 Å². The topological polar surface area (TPSA) is 58.6 Å². The molecule has 0 unspecified atom stereocenters. The summed E-state index contributed by atoms with van der Waals surface area (Å²) < 4.78 is 0. The average molecular weight is 485 g/mol. The Balaban J connectivity index is 1.82. The van der Waals surface area contributed by atoms with Crippen LogP contribution in [0.2, 0.25) is 15.1 Å². The van der Waals surface area contributed by atoms with E-state index in [2.05, 4.69) is 9.97 Å². The third-order valence-electron chi connectivity index (χ3n) is 4.79. The van der Waals surface area contributed by atoms with Crippen LogP contribution < -0.4 is 5.56 Å². The maximum Gasteiger partial charge on any atom is 0.261 e. The molecule has 0 atom stereocenters. The van der Waals surface area contributed by atoms with E-state index in [-0.39, 0.29) is 5.56 Å². The van der Waals surface area contributed by atoms with E-state index in [4.69, 9.17) is 39.8 Å². The molecule has 0 amide bonds. The molecule has 152 valence electrons. The predicted octanol–water partition coefficient (Wildman–Crippen LogP) is 7.34. The number of H-pyrrole nitrogens is 1. The first kappa shape index (κ1) is 20.2. The van der Waals surface area contributed by atoms with Gasteiger partial charge in [-0.2, -0.15) is 0 Å². The van der Waals surface area contributed by atoms with Crippen molar-refractivity contribution >= 4 is 57.2 Å². The minimum atomic E-state index is -0.304. The van der Waals surface area contributed by atoms with Crippen molar-refractivity contribution in [2.75, 3.05) is 0 Å². The highest BCUT2D eigenvalue weighted by molar-refractivity contribution is 7.13. The number of pyridine rings is 1. The first-order valence-corrected chi connectivity index (χ1v) is 11.2. The molecule has 0 spiro atoms. The number of rotatable bonds is 3. The van der Waals surface area contributed by atoms with Crippen LogP contribution in [0.25, 0.3) is 44.1 Å². The van der Waals surface area contributed by atoms with Crippen LogP contribution in [-0.2, 0) is 0 Å². The van der Waals surface area contributed by atoms with E-state index in [1.165, 1.54) is 0 Å². The monoisotopic (exact) mass is 483 g/mol. The molecule has 1 N–H and O–H groups in total. The molecule has 3 aromatic heterocycles. The fraction of sp³-hybridized carbons (Fsp3) is 0. The van der Waals surface area contributed by atoms with Gasteiger partial charge in [0, 0.05) is 21.2 Å². The van der Waals surface area contributed by atoms with Gasteiger partial charge in [0.2, 0.25) is 0 Å². The molecule has 5 aromatic rings. The number of fused-ring (bicyclic) bond motifs is 1. The zero-order valence-electron chi connectivity index (χ0n) is 15.7. The standard InChI is InChI=1S/C23H12Cl3N3OS/c24-13-5-3-12(4-6-13)16-11-18(19-2-1-9-31-19)27-22-20(16)23(30)29-21(28-22)15-8-7-14(25)10-17(15)26/h1-11H,(H,27,28,29,30). The summed E-state index contributed by atoms with van der Waals surface area (Å²) in [4.78, 5) is 26.4. The van der Waals surface area contributed by atoms with Crippen molar-refractivity contribution in [1.82, 2.24) is 15.0 Å². The molecule has 0 aliphatic heterocycles. The Labute approximate surface area is 196 Å². The van der Waals surface area contributed by atoms with Crippen molar-refractivity contribution in [2.45, 2.75) is 0 Å². The van der Waals surface area contributed by atoms with Crippen LogP contribution in [0, 0.1) is 0 Å². The van der Waals surface area contributed by atoms with Gasteiger partial charge in [0.25, 0.3) is 5.56 Å². The van der Waals surface area contributed by atoms with Gasteiger partial charge in [-0.25, -0.2) is 9.97 Å². The molecular weight excluding hydrogens is 473 g/mol. The lowest BCUT2D eigenvalue weighted by atomic mass is 10.0. The lowest BCUT2D eigenvalue weighted by molar-refractivity contribution is 1.15. The van der Waals surface area contributed by atoms with Gasteiger partial charge < -0.3 is 4.98 Å². The predicted molar refractivity (Wildman–Crippen MR) is 129 cm³/mol. The number of benzene rings is 2. The number of thiophene rings is 1. The van der Waals surface area contributed by atoms with Gasteiger partial charge in [0.1, 0.15) is 5.82 Å². The molecule has 0 saturated heterocycles. The Morgan fingerprint density at radius 1 is 0.839 bits per heavy atom. The Morgan fingerprint density at radius 2 is 1.61 bits per heavy atom. The molecule has 3 heterocycles. The Kier molecular flexibility index (Phi) is 5.28. The quantitative estimate of drug-likeness (QED) is 0.291. The summed E-state index contributed by atoms with van der Waals surface area (Å²) >= 11 is 20.0. The van der Waals surface area contributed by atoms with E-state index in [0.29, 0.717) is 37.5 Å². The Morgan fingerprint density at radius 3 is 2.32 bits per heavy atom. The molecule has 5 rings (SSSR count). The number of nitrogens with one attached hydrogen (secondary N) is 1. The fourth-order valence-corrected chi connectivity index (χ4v) is 4.67. The van der Waals surface area contributed by atoms with Crippen LogP contribution in [-0.4, -0.2) is 15.0 Å². The highest BCUT2D eigenvalue weighted by Crippen LogP contribution is 2.34. The largest absolute Gasteiger partial charge is 0.306 e. The van der Waals surface area contributed by atoms with Crippen LogP contribution >= 0.6 is 46.1 Å². The first-order chi connectivity index (χ1) is 15.0. The molecule has 0 radical (unpaired) electrons. The van der Waals surface area contributed by atoms with E-state index in [9.17, 15) is 4.79 Å². The van der Waals surface area contributed by atoms with Crippen molar-refractivity contribution in [2.24, 2.45) is 0 Å². The van der Waals surface area contributed by atoms with Crippen molar-refractivity contribution < 1.29 is 0 Å². The van der Waals surface area contributed by atoms with Gasteiger partial charge in [-0.15, -0.1) is 11.3 Å². The van der Waals surface area contributed by atoms with Crippen molar-refractivity contribution in [3.05, 3.63) is 91.5 Å². The second kappa shape index (κ2) is 8.09. The second-order valence-electron chi connectivity index (χ2n) is 6.78. The third-order valence-corrected chi connectivity index (χ3v) is 6.48. The normalized spacial score (nSPS) is 11.2. The first-order valence-electron chi connectivity index (χ1n) is 9.20. The molecular formula is C23H12Cl3N3OS. The lowest BCUT2D eigenvalue weighted by Crippen LogP contribution is -2.12. The van der Waals surface area contributed by atoms with Crippen LogP contribution in [0.1, 0.15) is 0 Å². The Bertz CT molecular complexity index is 1480. The zero-order chi connectivity index (χ0) is 21.5. The summed E-state index contributed by atoms with van der Waals surface area (Å²) in [5, 5.41) is 3.89. The van der Waals surface area contributed by atoms with E-state index in [0.717, 1.165) is 21.7 Å². The lowest BCUT2D eigenvalue weighted by Gasteiger charge is -2.11. The summed E-state index contributed by atoms with van der Waals surface area (Å²) in [5.41, 5.74) is 2.91. The Hall–Kier alpha value is -2.70. The van der Waals surface area contributed by atoms with E-state index >= 15 is 0 Å².